The number of aromatic nitrogens is 7. The molecule has 0 unspecified atom stereocenters. The molecule has 0 atom stereocenters. The Bertz CT molecular complexity index is 1320. The van der Waals surface area contributed by atoms with Crippen LogP contribution >= 0.6 is 0 Å². The molecule has 1 N–H and O–H groups in total. The lowest BCUT2D eigenvalue weighted by atomic mass is 9.86. The van der Waals surface area contributed by atoms with Crippen molar-refractivity contribution < 1.29 is 13.2 Å². The molecule has 0 spiro atoms. The number of anilines is 3. The summed E-state index contributed by atoms with van der Waals surface area (Å²) in [5, 5.41) is 24.8. The van der Waals surface area contributed by atoms with Crippen molar-refractivity contribution in [3.05, 3.63) is 48.7 Å². The lowest BCUT2D eigenvalue weighted by Gasteiger charge is -2.50. The first-order chi connectivity index (χ1) is 15.3. The largest absolute Gasteiger partial charge is 0.419 e. The van der Waals surface area contributed by atoms with Gasteiger partial charge in [0.25, 0.3) is 0 Å². The maximum absolute atomic E-state index is 13.0. The van der Waals surface area contributed by atoms with Crippen LogP contribution in [-0.4, -0.2) is 47.2 Å². The molecule has 1 fully saturated rings. The van der Waals surface area contributed by atoms with Crippen molar-refractivity contribution in [1.82, 2.24) is 34.2 Å². The summed E-state index contributed by atoms with van der Waals surface area (Å²) in [5.41, 5.74) is 0.402. The van der Waals surface area contributed by atoms with Crippen LogP contribution in [0.5, 0.6) is 0 Å². The Kier molecular flexibility index (Phi) is 4.33. The molecule has 4 aromatic heterocycles. The summed E-state index contributed by atoms with van der Waals surface area (Å²) in [7, 11) is 1.80. The van der Waals surface area contributed by atoms with Gasteiger partial charge in [-0.25, -0.2) is 4.52 Å². The minimum absolute atomic E-state index is 0.0338. The first-order valence-electron chi connectivity index (χ1n) is 9.63. The molecule has 0 aliphatic carbocycles. The van der Waals surface area contributed by atoms with Crippen LogP contribution in [0.2, 0.25) is 0 Å². The van der Waals surface area contributed by atoms with E-state index in [1.54, 1.807) is 34.8 Å². The van der Waals surface area contributed by atoms with E-state index in [-0.39, 0.29) is 6.42 Å². The van der Waals surface area contributed by atoms with Gasteiger partial charge in [-0.3, -0.25) is 9.36 Å². The molecule has 0 aromatic carbocycles. The summed E-state index contributed by atoms with van der Waals surface area (Å²) in [5.74, 6) is 0.385. The maximum atomic E-state index is 13.0. The lowest BCUT2D eigenvalue weighted by molar-refractivity contribution is -0.137. The number of nitrogens with one attached hydrogen (secondary N) is 1. The molecule has 5 heterocycles. The average molecular weight is 442 g/mol. The zero-order valence-corrected chi connectivity index (χ0v) is 16.8. The maximum Gasteiger partial charge on any atom is 0.419 e. The molecule has 1 aliphatic rings. The standard InChI is InChI=1S/C19H17F3N10/c1-29-10-14(8-24-29)26-17-27-16-15(3-2-6-31(16)28-17)30-11-18(12-30,4-5-23)32-9-13(7-25-32)19(20,21)22/h2-3,6-10H,4,11-12H2,1H3,(H,26,28). The van der Waals surface area contributed by atoms with E-state index in [9.17, 15) is 18.4 Å². The highest BCUT2D eigenvalue weighted by Crippen LogP contribution is 2.38. The van der Waals surface area contributed by atoms with Crippen molar-refractivity contribution >= 4 is 23.0 Å². The fourth-order valence-electron chi connectivity index (χ4n) is 3.85. The highest BCUT2D eigenvalue weighted by atomic mass is 19.4. The van der Waals surface area contributed by atoms with E-state index in [0.717, 1.165) is 23.8 Å². The Morgan fingerprint density at radius 1 is 1.22 bits per heavy atom. The van der Waals surface area contributed by atoms with Crippen LogP contribution in [0, 0.1) is 11.3 Å². The van der Waals surface area contributed by atoms with Crippen LogP contribution in [0.1, 0.15) is 12.0 Å². The number of fused-ring (bicyclic) bond motifs is 1. The van der Waals surface area contributed by atoms with Crippen molar-refractivity contribution in [2.45, 2.75) is 18.1 Å². The third-order valence-electron chi connectivity index (χ3n) is 5.42. The molecule has 1 aliphatic heterocycles. The molecule has 32 heavy (non-hydrogen) atoms. The summed E-state index contributed by atoms with van der Waals surface area (Å²) in [4.78, 5) is 6.50. The van der Waals surface area contributed by atoms with E-state index in [0.29, 0.717) is 24.7 Å². The zero-order chi connectivity index (χ0) is 22.5. The van der Waals surface area contributed by atoms with Crippen molar-refractivity contribution in [3.8, 4) is 6.07 Å². The van der Waals surface area contributed by atoms with Gasteiger partial charge in [0.05, 0.1) is 41.8 Å². The molecular formula is C19H17F3N10. The number of nitrogens with zero attached hydrogens (tertiary/aromatic N) is 9. The topological polar surface area (TPSA) is 105 Å². The summed E-state index contributed by atoms with van der Waals surface area (Å²) >= 11 is 0. The summed E-state index contributed by atoms with van der Waals surface area (Å²) in [6, 6.07) is 5.75. The molecule has 10 nitrogen and oxygen atoms in total. The second-order valence-corrected chi connectivity index (χ2v) is 7.71. The molecule has 0 saturated carbocycles. The van der Waals surface area contributed by atoms with Gasteiger partial charge >= 0.3 is 6.18 Å². The minimum Gasteiger partial charge on any atom is -0.363 e. The van der Waals surface area contributed by atoms with Crippen LogP contribution in [0.4, 0.5) is 30.5 Å². The highest BCUT2D eigenvalue weighted by molar-refractivity contribution is 5.72. The Balaban J connectivity index is 1.41. The van der Waals surface area contributed by atoms with Gasteiger partial charge in [-0.2, -0.15) is 33.6 Å². The normalized spacial score (nSPS) is 15.5. The number of halogens is 3. The number of rotatable bonds is 5. The fourth-order valence-corrected chi connectivity index (χ4v) is 3.85. The van der Waals surface area contributed by atoms with Gasteiger partial charge in [0.2, 0.25) is 5.95 Å². The van der Waals surface area contributed by atoms with E-state index < -0.39 is 17.3 Å². The molecule has 1 saturated heterocycles. The smallest absolute Gasteiger partial charge is 0.363 e. The number of alkyl halides is 3. The molecule has 0 radical (unpaired) electrons. The molecule has 0 bridgehead atoms. The van der Waals surface area contributed by atoms with Crippen LogP contribution in [0.3, 0.4) is 0 Å². The number of hydrogen-bond donors (Lipinski definition) is 1. The number of hydrogen-bond acceptors (Lipinski definition) is 7. The molecular weight excluding hydrogens is 425 g/mol. The zero-order valence-electron chi connectivity index (χ0n) is 16.8. The number of nitriles is 1. The quantitative estimate of drug-likeness (QED) is 0.506. The predicted octanol–water partition coefficient (Wildman–Crippen LogP) is 2.55. The van der Waals surface area contributed by atoms with E-state index >= 15 is 0 Å². The predicted molar refractivity (Wildman–Crippen MR) is 107 cm³/mol. The van der Waals surface area contributed by atoms with Gasteiger partial charge in [0, 0.05) is 38.7 Å². The van der Waals surface area contributed by atoms with Gasteiger partial charge in [-0.1, -0.05) is 0 Å². The monoisotopic (exact) mass is 442 g/mol. The SMILES string of the molecule is Cn1cc(Nc2nc3c(N4CC(CC#N)(n5cc(C(F)(F)F)cn5)C4)cccn3n2)cn1. The van der Waals surface area contributed by atoms with Crippen molar-refractivity contribution in [2.24, 2.45) is 7.05 Å². The molecule has 0 amide bonds. The second-order valence-electron chi connectivity index (χ2n) is 7.71. The van der Waals surface area contributed by atoms with Gasteiger partial charge in [0.1, 0.15) is 5.54 Å². The van der Waals surface area contributed by atoms with Crippen molar-refractivity contribution in [1.29, 1.82) is 5.26 Å². The van der Waals surface area contributed by atoms with Gasteiger partial charge < -0.3 is 10.2 Å². The van der Waals surface area contributed by atoms with E-state index in [1.807, 2.05) is 17.0 Å². The third kappa shape index (κ3) is 3.29. The molecule has 13 heteroatoms. The third-order valence-corrected chi connectivity index (χ3v) is 5.42. The highest BCUT2D eigenvalue weighted by Gasteiger charge is 2.47. The first-order valence-corrected chi connectivity index (χ1v) is 9.63. The molecule has 4 aromatic rings. The minimum atomic E-state index is -4.49. The Hall–Kier alpha value is -4.08. The first kappa shape index (κ1) is 19.9. The van der Waals surface area contributed by atoms with Gasteiger partial charge in [-0.15, -0.1) is 5.10 Å². The Morgan fingerprint density at radius 3 is 2.69 bits per heavy atom. The van der Waals surface area contributed by atoms with Crippen LogP contribution < -0.4 is 10.2 Å². The molecule has 5 rings (SSSR count). The van der Waals surface area contributed by atoms with Crippen molar-refractivity contribution in [2.75, 3.05) is 23.3 Å². The average Bonchev–Trinajstić information content (AvgIpc) is 3.43. The Morgan fingerprint density at radius 2 is 2.03 bits per heavy atom. The second kappa shape index (κ2) is 6.98. The van der Waals surface area contributed by atoms with Crippen LogP contribution in [0.25, 0.3) is 5.65 Å². The van der Waals surface area contributed by atoms with E-state index in [2.05, 4.69) is 31.7 Å². The summed E-state index contributed by atoms with van der Waals surface area (Å²) in [6.45, 7) is 0.634. The van der Waals surface area contributed by atoms with E-state index in [4.69, 9.17) is 0 Å². The molecule has 164 valence electrons. The summed E-state index contributed by atoms with van der Waals surface area (Å²) < 4.78 is 43.6. The number of pyridine rings is 1. The van der Waals surface area contributed by atoms with Crippen LogP contribution in [0.15, 0.2) is 43.1 Å². The number of aryl methyl sites for hydroxylation is 1. The van der Waals surface area contributed by atoms with Crippen LogP contribution in [-0.2, 0) is 18.8 Å². The van der Waals surface area contributed by atoms with Crippen molar-refractivity contribution in [3.63, 3.8) is 0 Å². The van der Waals surface area contributed by atoms with Gasteiger partial charge in [0.15, 0.2) is 5.65 Å². The lowest BCUT2D eigenvalue weighted by Crippen LogP contribution is -2.63. The summed E-state index contributed by atoms with van der Waals surface area (Å²) in [6.07, 6.45) is 2.49. The Labute approximate surface area is 179 Å². The fraction of sp³-hybridized carbons (Fsp3) is 0.316. The van der Waals surface area contributed by atoms with Gasteiger partial charge in [-0.05, 0) is 12.1 Å². The van der Waals surface area contributed by atoms with E-state index in [1.165, 1.54) is 4.68 Å².